The molecule has 0 saturated carbocycles. The van der Waals surface area contributed by atoms with Crippen LogP contribution in [0.4, 0.5) is 10.5 Å². The monoisotopic (exact) mass is 319 g/mol. The third-order valence-corrected chi connectivity index (χ3v) is 4.23. The first-order chi connectivity index (χ1) is 11.2. The summed E-state index contributed by atoms with van der Waals surface area (Å²) in [5, 5.41) is 0. The lowest BCUT2D eigenvalue weighted by atomic mass is 10.2. The molecular formula is C16H21N3O4. The summed E-state index contributed by atoms with van der Waals surface area (Å²) in [6, 6.07) is 7.88. The number of benzene rings is 1. The van der Waals surface area contributed by atoms with Crippen LogP contribution in [0.3, 0.4) is 0 Å². The summed E-state index contributed by atoms with van der Waals surface area (Å²) in [5.74, 6) is 0.815. The Hall–Kier alpha value is -2.44. The van der Waals surface area contributed by atoms with Crippen LogP contribution in [0.1, 0.15) is 0 Å². The summed E-state index contributed by atoms with van der Waals surface area (Å²) >= 11 is 0. The number of carbonyl (C=O) groups excluding carboxylic acids is 2. The minimum Gasteiger partial charge on any atom is -0.495 e. The van der Waals surface area contributed by atoms with Crippen molar-refractivity contribution in [3.8, 4) is 5.75 Å². The van der Waals surface area contributed by atoms with Gasteiger partial charge in [0.05, 0.1) is 19.3 Å². The highest BCUT2D eigenvalue weighted by Crippen LogP contribution is 2.28. The molecule has 2 fully saturated rings. The second kappa shape index (κ2) is 6.76. The quantitative estimate of drug-likeness (QED) is 0.821. The fourth-order valence-electron chi connectivity index (χ4n) is 2.92. The predicted octanol–water partition coefficient (Wildman–Crippen LogP) is 0.796. The van der Waals surface area contributed by atoms with Crippen molar-refractivity contribution in [3.63, 3.8) is 0 Å². The van der Waals surface area contributed by atoms with Gasteiger partial charge >= 0.3 is 6.09 Å². The third-order valence-electron chi connectivity index (χ3n) is 4.23. The minimum atomic E-state index is -0.397. The van der Waals surface area contributed by atoms with E-state index in [-0.39, 0.29) is 12.5 Å². The van der Waals surface area contributed by atoms with Crippen LogP contribution in [0.2, 0.25) is 0 Å². The smallest absolute Gasteiger partial charge is 0.410 e. The van der Waals surface area contributed by atoms with Gasteiger partial charge < -0.3 is 19.3 Å². The van der Waals surface area contributed by atoms with Gasteiger partial charge in [-0.05, 0) is 12.1 Å². The Labute approximate surface area is 135 Å². The average molecular weight is 319 g/mol. The SMILES string of the molecule is COc1ccccc1N1CCN(C(=O)CN2CCOC2=O)CC1. The molecule has 7 heteroatoms. The average Bonchev–Trinajstić information content (AvgIpc) is 3.00. The zero-order valence-corrected chi connectivity index (χ0v) is 13.2. The lowest BCUT2D eigenvalue weighted by Gasteiger charge is -2.37. The molecular weight excluding hydrogens is 298 g/mol. The molecule has 0 aliphatic carbocycles. The van der Waals surface area contributed by atoms with Crippen LogP contribution in [0, 0.1) is 0 Å². The van der Waals surface area contributed by atoms with E-state index in [0.29, 0.717) is 26.2 Å². The summed E-state index contributed by atoms with van der Waals surface area (Å²) < 4.78 is 10.2. The summed E-state index contributed by atoms with van der Waals surface area (Å²) in [7, 11) is 1.66. The molecule has 2 saturated heterocycles. The maximum absolute atomic E-state index is 12.3. The van der Waals surface area contributed by atoms with Crippen molar-refractivity contribution in [1.82, 2.24) is 9.80 Å². The van der Waals surface area contributed by atoms with E-state index >= 15 is 0 Å². The second-order valence-corrected chi connectivity index (χ2v) is 5.58. The summed E-state index contributed by atoms with van der Waals surface area (Å²) in [5.41, 5.74) is 1.05. The first-order valence-corrected chi connectivity index (χ1v) is 7.76. The van der Waals surface area contributed by atoms with E-state index in [1.165, 1.54) is 4.90 Å². The molecule has 124 valence electrons. The number of piperazine rings is 1. The lowest BCUT2D eigenvalue weighted by Crippen LogP contribution is -2.51. The van der Waals surface area contributed by atoms with Crippen LogP contribution in [0.25, 0.3) is 0 Å². The van der Waals surface area contributed by atoms with Crippen LogP contribution in [-0.2, 0) is 9.53 Å². The Morgan fingerprint density at radius 2 is 1.91 bits per heavy atom. The van der Waals surface area contributed by atoms with Gasteiger partial charge in [0, 0.05) is 26.2 Å². The van der Waals surface area contributed by atoms with Crippen molar-refractivity contribution >= 4 is 17.7 Å². The van der Waals surface area contributed by atoms with Gasteiger partial charge in [-0.3, -0.25) is 9.69 Å². The summed E-state index contributed by atoms with van der Waals surface area (Å²) in [6.07, 6.45) is -0.397. The number of methoxy groups -OCH3 is 1. The van der Waals surface area contributed by atoms with E-state index in [2.05, 4.69) is 4.90 Å². The van der Waals surface area contributed by atoms with Gasteiger partial charge in [0.2, 0.25) is 5.91 Å². The van der Waals surface area contributed by atoms with Crippen molar-refractivity contribution < 1.29 is 19.1 Å². The van der Waals surface area contributed by atoms with E-state index in [1.54, 1.807) is 12.0 Å². The third kappa shape index (κ3) is 3.33. The van der Waals surface area contributed by atoms with Crippen molar-refractivity contribution in [1.29, 1.82) is 0 Å². The minimum absolute atomic E-state index is 0.0245. The largest absolute Gasteiger partial charge is 0.495 e. The number of hydrogen-bond donors (Lipinski definition) is 0. The Morgan fingerprint density at radius 1 is 1.17 bits per heavy atom. The molecule has 0 radical (unpaired) electrons. The molecule has 7 nitrogen and oxygen atoms in total. The van der Waals surface area contributed by atoms with Gasteiger partial charge in [0.25, 0.3) is 0 Å². The van der Waals surface area contributed by atoms with Gasteiger partial charge in [0.15, 0.2) is 0 Å². The number of amides is 2. The van der Waals surface area contributed by atoms with Crippen LogP contribution in [-0.4, -0.2) is 74.8 Å². The number of para-hydroxylation sites is 2. The fourth-order valence-corrected chi connectivity index (χ4v) is 2.92. The van der Waals surface area contributed by atoms with E-state index in [9.17, 15) is 9.59 Å². The molecule has 0 spiro atoms. The zero-order valence-electron chi connectivity index (χ0n) is 13.2. The number of carbonyl (C=O) groups is 2. The van der Waals surface area contributed by atoms with Gasteiger partial charge in [0.1, 0.15) is 18.9 Å². The molecule has 0 unspecified atom stereocenters. The number of ether oxygens (including phenoxy) is 2. The fraction of sp³-hybridized carbons (Fsp3) is 0.500. The molecule has 23 heavy (non-hydrogen) atoms. The normalized spacial score (nSPS) is 18.1. The van der Waals surface area contributed by atoms with E-state index in [4.69, 9.17) is 9.47 Å². The molecule has 0 N–H and O–H groups in total. The van der Waals surface area contributed by atoms with Crippen LogP contribution in [0.15, 0.2) is 24.3 Å². The first-order valence-electron chi connectivity index (χ1n) is 7.76. The van der Waals surface area contributed by atoms with Crippen LogP contribution < -0.4 is 9.64 Å². The number of hydrogen-bond acceptors (Lipinski definition) is 5. The summed E-state index contributed by atoms with van der Waals surface area (Å²) in [4.78, 5) is 29.2. The van der Waals surface area contributed by atoms with Gasteiger partial charge in [-0.15, -0.1) is 0 Å². The molecule has 2 amide bonds. The van der Waals surface area contributed by atoms with Crippen molar-refractivity contribution in [2.24, 2.45) is 0 Å². The molecule has 2 aliphatic heterocycles. The standard InChI is InChI=1S/C16H21N3O4/c1-22-14-5-3-2-4-13(14)17-6-8-18(9-7-17)15(20)12-19-10-11-23-16(19)21/h2-5H,6-12H2,1H3. The Bertz CT molecular complexity index is 584. The zero-order chi connectivity index (χ0) is 16.2. The molecule has 0 bridgehead atoms. The molecule has 1 aromatic rings. The van der Waals surface area contributed by atoms with Crippen molar-refractivity contribution in [3.05, 3.63) is 24.3 Å². The lowest BCUT2D eigenvalue weighted by molar-refractivity contribution is -0.132. The molecule has 1 aromatic carbocycles. The topological polar surface area (TPSA) is 62.3 Å². The second-order valence-electron chi connectivity index (χ2n) is 5.58. The Kier molecular flexibility index (Phi) is 4.55. The number of cyclic esters (lactones) is 1. The van der Waals surface area contributed by atoms with E-state index in [1.807, 2.05) is 24.3 Å². The number of nitrogens with zero attached hydrogens (tertiary/aromatic N) is 3. The van der Waals surface area contributed by atoms with E-state index < -0.39 is 6.09 Å². The molecule has 3 rings (SSSR count). The highest BCUT2D eigenvalue weighted by molar-refractivity contribution is 5.83. The number of rotatable bonds is 4. The van der Waals surface area contributed by atoms with Crippen LogP contribution in [0.5, 0.6) is 5.75 Å². The van der Waals surface area contributed by atoms with Gasteiger partial charge in [-0.1, -0.05) is 12.1 Å². The molecule has 2 heterocycles. The first kappa shape index (κ1) is 15.5. The Morgan fingerprint density at radius 3 is 2.57 bits per heavy atom. The maximum Gasteiger partial charge on any atom is 0.410 e. The highest BCUT2D eigenvalue weighted by Gasteiger charge is 2.28. The predicted molar refractivity (Wildman–Crippen MR) is 84.7 cm³/mol. The van der Waals surface area contributed by atoms with Gasteiger partial charge in [-0.2, -0.15) is 0 Å². The molecule has 0 aromatic heterocycles. The van der Waals surface area contributed by atoms with Crippen molar-refractivity contribution in [2.75, 3.05) is 57.9 Å². The number of anilines is 1. The molecule has 2 aliphatic rings. The highest BCUT2D eigenvalue weighted by atomic mass is 16.6. The maximum atomic E-state index is 12.3. The Balaban J connectivity index is 1.55. The van der Waals surface area contributed by atoms with E-state index in [0.717, 1.165) is 24.5 Å². The van der Waals surface area contributed by atoms with Crippen molar-refractivity contribution in [2.45, 2.75) is 0 Å². The van der Waals surface area contributed by atoms with Crippen LogP contribution >= 0.6 is 0 Å². The summed E-state index contributed by atoms with van der Waals surface area (Å²) in [6.45, 7) is 3.74. The van der Waals surface area contributed by atoms with Gasteiger partial charge in [-0.25, -0.2) is 4.79 Å². The molecule has 0 atom stereocenters.